The van der Waals surface area contributed by atoms with Crippen molar-refractivity contribution in [2.75, 3.05) is 13.1 Å². The fourth-order valence-corrected chi connectivity index (χ4v) is 1.58. The van der Waals surface area contributed by atoms with Crippen molar-refractivity contribution in [3.63, 3.8) is 0 Å². The van der Waals surface area contributed by atoms with Crippen LogP contribution in [0.3, 0.4) is 0 Å². The van der Waals surface area contributed by atoms with Gasteiger partial charge in [0.25, 0.3) is 0 Å². The minimum atomic E-state index is -0.580. The zero-order chi connectivity index (χ0) is 15.0. The molecule has 0 heterocycles. The quantitative estimate of drug-likeness (QED) is 0.579. The lowest BCUT2D eigenvalue weighted by Crippen LogP contribution is -2.33. The Morgan fingerprint density at radius 1 is 1.05 bits per heavy atom. The van der Waals surface area contributed by atoms with E-state index in [1.165, 1.54) is 25.1 Å². The van der Waals surface area contributed by atoms with Crippen molar-refractivity contribution in [2.45, 2.75) is 19.8 Å². The van der Waals surface area contributed by atoms with Crippen LogP contribution in [-0.2, 0) is 9.59 Å². The van der Waals surface area contributed by atoms with Crippen molar-refractivity contribution < 1.29 is 18.8 Å². The molecule has 0 saturated carbocycles. The molecule has 0 aromatic heterocycles. The first kappa shape index (κ1) is 15.8. The predicted octanol–water partition coefficient (Wildman–Crippen LogP) is 1.04. The molecule has 0 fully saturated rings. The van der Waals surface area contributed by atoms with Crippen molar-refractivity contribution in [3.05, 3.63) is 35.6 Å². The third kappa shape index (κ3) is 5.60. The van der Waals surface area contributed by atoms with E-state index in [2.05, 4.69) is 10.6 Å². The van der Waals surface area contributed by atoms with Crippen LogP contribution in [0.5, 0.6) is 0 Å². The van der Waals surface area contributed by atoms with Crippen molar-refractivity contribution in [1.82, 2.24) is 10.6 Å². The van der Waals surface area contributed by atoms with Gasteiger partial charge < -0.3 is 10.6 Å². The second kappa shape index (κ2) is 8.04. The normalized spacial score (nSPS) is 9.90. The highest BCUT2D eigenvalue weighted by atomic mass is 19.1. The van der Waals surface area contributed by atoms with Gasteiger partial charge in [0, 0.05) is 32.9 Å². The molecule has 1 rings (SSSR count). The summed E-state index contributed by atoms with van der Waals surface area (Å²) in [6, 6.07) is 5.68. The van der Waals surface area contributed by atoms with Crippen LogP contribution in [0.15, 0.2) is 24.3 Å². The molecule has 0 saturated heterocycles. The van der Waals surface area contributed by atoms with Crippen LogP contribution in [-0.4, -0.2) is 30.7 Å². The maximum absolute atomic E-state index is 13.3. The number of amides is 2. The maximum Gasteiger partial charge on any atom is 0.220 e. The van der Waals surface area contributed by atoms with Crippen LogP contribution < -0.4 is 10.6 Å². The van der Waals surface area contributed by atoms with Crippen LogP contribution in [0.4, 0.5) is 4.39 Å². The molecule has 1 aromatic rings. The molecule has 6 heteroatoms. The predicted molar refractivity (Wildman–Crippen MR) is 71.7 cm³/mol. The zero-order valence-corrected chi connectivity index (χ0v) is 11.2. The number of benzene rings is 1. The molecule has 0 spiro atoms. The Kier molecular flexibility index (Phi) is 6.36. The van der Waals surface area contributed by atoms with Crippen LogP contribution in [0, 0.1) is 5.82 Å². The molecule has 0 aliphatic heterocycles. The highest BCUT2D eigenvalue weighted by Crippen LogP contribution is 2.10. The highest BCUT2D eigenvalue weighted by Gasteiger charge is 2.12. The molecule has 1 aromatic carbocycles. The lowest BCUT2D eigenvalue weighted by Gasteiger charge is -2.05. The van der Waals surface area contributed by atoms with Gasteiger partial charge in [-0.25, -0.2) is 4.39 Å². The minimum Gasteiger partial charge on any atom is -0.355 e. The topological polar surface area (TPSA) is 75.3 Å². The van der Waals surface area contributed by atoms with Crippen LogP contribution in [0.2, 0.25) is 0 Å². The van der Waals surface area contributed by atoms with E-state index < -0.39 is 11.6 Å². The summed E-state index contributed by atoms with van der Waals surface area (Å²) in [4.78, 5) is 33.7. The Balaban J connectivity index is 2.29. The summed E-state index contributed by atoms with van der Waals surface area (Å²) in [5, 5.41) is 5.09. The Hall–Kier alpha value is -2.24. The summed E-state index contributed by atoms with van der Waals surface area (Å²) in [5.41, 5.74) is -0.00135. The maximum atomic E-state index is 13.3. The first-order valence-electron chi connectivity index (χ1n) is 6.29. The highest BCUT2D eigenvalue weighted by molar-refractivity contribution is 5.98. The van der Waals surface area contributed by atoms with E-state index in [9.17, 15) is 18.8 Å². The van der Waals surface area contributed by atoms with Gasteiger partial charge in [-0.2, -0.15) is 0 Å². The Bertz CT molecular complexity index is 503. The summed E-state index contributed by atoms with van der Waals surface area (Å²) in [6.45, 7) is 2.02. The Labute approximate surface area is 116 Å². The fourth-order valence-electron chi connectivity index (χ4n) is 1.58. The van der Waals surface area contributed by atoms with Crippen LogP contribution in [0.25, 0.3) is 0 Å². The fraction of sp³-hybridized carbons (Fsp3) is 0.357. The molecule has 20 heavy (non-hydrogen) atoms. The van der Waals surface area contributed by atoms with Gasteiger partial charge in [-0.05, 0) is 12.1 Å². The van der Waals surface area contributed by atoms with E-state index >= 15 is 0 Å². The first-order valence-corrected chi connectivity index (χ1v) is 6.29. The smallest absolute Gasteiger partial charge is 0.220 e. The zero-order valence-electron chi connectivity index (χ0n) is 11.2. The number of nitrogens with one attached hydrogen (secondary N) is 2. The number of rotatable bonds is 7. The average Bonchev–Trinajstić information content (AvgIpc) is 2.41. The number of Topliss-reactive ketones (excluding diaryl/α,β-unsaturated/α-hetero) is 1. The second-order valence-electron chi connectivity index (χ2n) is 4.24. The first-order chi connectivity index (χ1) is 9.50. The summed E-state index contributed by atoms with van der Waals surface area (Å²) in [6.07, 6.45) is -0.0554. The van der Waals surface area contributed by atoms with Gasteiger partial charge in [-0.3, -0.25) is 14.4 Å². The third-order valence-corrected chi connectivity index (χ3v) is 2.57. The monoisotopic (exact) mass is 280 g/mol. The number of hydrogen-bond donors (Lipinski definition) is 2. The second-order valence-corrected chi connectivity index (χ2v) is 4.24. The van der Waals surface area contributed by atoms with E-state index in [0.29, 0.717) is 13.1 Å². The standard InChI is InChI=1S/C14H17FN2O3/c1-10(18)16-8-9-17-14(20)7-6-13(19)11-4-2-3-5-12(11)15/h2-5H,6-9H2,1H3,(H,16,18)(H,17,20). The van der Waals surface area contributed by atoms with E-state index in [0.717, 1.165) is 0 Å². The molecule has 0 bridgehead atoms. The lowest BCUT2D eigenvalue weighted by molar-refractivity contribution is -0.122. The van der Waals surface area contributed by atoms with Gasteiger partial charge >= 0.3 is 0 Å². The largest absolute Gasteiger partial charge is 0.355 e. The van der Waals surface area contributed by atoms with Crippen molar-refractivity contribution >= 4 is 17.6 Å². The summed E-state index contributed by atoms with van der Waals surface area (Å²) in [7, 11) is 0. The van der Waals surface area contributed by atoms with Gasteiger partial charge in [-0.15, -0.1) is 0 Å². The molecule has 0 unspecified atom stereocenters. The van der Waals surface area contributed by atoms with Gasteiger partial charge in [0.2, 0.25) is 11.8 Å². The third-order valence-electron chi connectivity index (χ3n) is 2.57. The molecule has 0 aliphatic rings. The van der Waals surface area contributed by atoms with Gasteiger partial charge in [0.1, 0.15) is 5.82 Å². The molecule has 2 amide bonds. The van der Waals surface area contributed by atoms with E-state index in [1.54, 1.807) is 6.07 Å². The average molecular weight is 280 g/mol. The molecule has 5 nitrogen and oxygen atoms in total. The number of ketones is 1. The number of hydrogen-bond acceptors (Lipinski definition) is 3. The molecule has 108 valence electrons. The van der Waals surface area contributed by atoms with E-state index in [-0.39, 0.29) is 30.2 Å². The van der Waals surface area contributed by atoms with E-state index in [4.69, 9.17) is 0 Å². The number of carbonyl (C=O) groups is 3. The van der Waals surface area contributed by atoms with Crippen LogP contribution >= 0.6 is 0 Å². The summed E-state index contributed by atoms with van der Waals surface area (Å²) in [5.74, 6) is -1.46. The van der Waals surface area contributed by atoms with Crippen molar-refractivity contribution in [3.8, 4) is 0 Å². The van der Waals surface area contributed by atoms with Crippen molar-refractivity contribution in [2.24, 2.45) is 0 Å². The lowest BCUT2D eigenvalue weighted by atomic mass is 10.1. The molecule has 0 radical (unpaired) electrons. The molecule has 0 atom stereocenters. The number of carbonyl (C=O) groups excluding carboxylic acids is 3. The molecule has 0 aliphatic carbocycles. The van der Waals surface area contributed by atoms with Gasteiger partial charge in [0.05, 0.1) is 5.56 Å². The van der Waals surface area contributed by atoms with Gasteiger partial charge in [0.15, 0.2) is 5.78 Å². The van der Waals surface area contributed by atoms with E-state index in [1.807, 2.05) is 0 Å². The molecule has 2 N–H and O–H groups in total. The number of halogens is 1. The van der Waals surface area contributed by atoms with Crippen LogP contribution in [0.1, 0.15) is 30.1 Å². The summed E-state index contributed by atoms with van der Waals surface area (Å²) < 4.78 is 13.3. The van der Waals surface area contributed by atoms with Gasteiger partial charge in [-0.1, -0.05) is 12.1 Å². The summed E-state index contributed by atoms with van der Waals surface area (Å²) >= 11 is 0. The molecular weight excluding hydrogens is 263 g/mol. The Morgan fingerprint density at radius 2 is 1.70 bits per heavy atom. The molecular formula is C14H17FN2O3. The Morgan fingerprint density at radius 3 is 2.35 bits per heavy atom. The SMILES string of the molecule is CC(=O)NCCNC(=O)CCC(=O)c1ccccc1F. The minimum absolute atomic E-state index is 0.00135. The van der Waals surface area contributed by atoms with Crippen molar-refractivity contribution in [1.29, 1.82) is 0 Å².